The molecule has 2 unspecified atom stereocenters. The van der Waals surface area contributed by atoms with Crippen LogP contribution in [0.4, 0.5) is 23.4 Å². The first-order valence-electron chi connectivity index (χ1n) is 10.1. The van der Waals surface area contributed by atoms with E-state index in [2.05, 4.69) is 9.88 Å². The van der Waals surface area contributed by atoms with Crippen LogP contribution >= 0.6 is 0 Å². The number of amides is 1. The Morgan fingerprint density at radius 2 is 1.88 bits per heavy atom. The molecule has 168 valence electrons. The molecule has 2 aliphatic rings. The van der Waals surface area contributed by atoms with E-state index in [4.69, 9.17) is 10.00 Å². The second-order valence-electron chi connectivity index (χ2n) is 7.85. The van der Waals surface area contributed by atoms with E-state index in [9.17, 15) is 22.4 Å². The number of piperazine rings is 1. The molecule has 2 saturated heterocycles. The molecule has 0 spiro atoms. The van der Waals surface area contributed by atoms with Crippen molar-refractivity contribution in [1.82, 2.24) is 9.88 Å². The highest BCUT2D eigenvalue weighted by Crippen LogP contribution is 2.34. The molecule has 2 fully saturated rings. The van der Waals surface area contributed by atoms with E-state index in [-0.39, 0.29) is 17.6 Å². The Morgan fingerprint density at radius 1 is 1.16 bits per heavy atom. The zero-order valence-corrected chi connectivity index (χ0v) is 16.9. The van der Waals surface area contributed by atoms with Gasteiger partial charge in [0.1, 0.15) is 24.6 Å². The van der Waals surface area contributed by atoms with Crippen LogP contribution in [-0.4, -0.2) is 54.0 Å². The SMILES string of the molecule is N#Cc1ccc(N2C3CC[C@H]2CN(C(=O)COC(c2ccc(F)c(F)c2)C(F)F)C3)nc1. The molecule has 6 nitrogen and oxygen atoms in total. The maximum absolute atomic E-state index is 13.4. The standard InChI is InChI=1S/C22H20F4N4O2/c23-17-5-2-14(7-18(17)24)21(22(25)26)32-12-20(31)29-10-15-3-4-16(11-29)30(15)19-6-1-13(8-27)9-28-19/h1-2,5-7,9,15-16,21-22H,3-4,10-12H2/t15-,16?,21?/m0/s1. The lowest BCUT2D eigenvalue weighted by Gasteiger charge is -2.41. The number of aromatic nitrogens is 1. The smallest absolute Gasteiger partial charge is 0.268 e. The molecule has 0 aliphatic carbocycles. The highest BCUT2D eigenvalue weighted by Gasteiger charge is 2.42. The number of anilines is 1. The van der Waals surface area contributed by atoms with Crippen LogP contribution in [0.3, 0.4) is 0 Å². The number of alkyl halides is 2. The maximum Gasteiger partial charge on any atom is 0.268 e. The van der Waals surface area contributed by atoms with Crippen LogP contribution in [0.2, 0.25) is 0 Å². The fourth-order valence-corrected chi connectivity index (χ4v) is 4.34. The van der Waals surface area contributed by atoms with Gasteiger partial charge in [-0.3, -0.25) is 4.79 Å². The van der Waals surface area contributed by atoms with Crippen molar-refractivity contribution in [2.24, 2.45) is 0 Å². The molecule has 1 aromatic heterocycles. The molecule has 0 radical (unpaired) electrons. The molecule has 0 saturated carbocycles. The monoisotopic (exact) mass is 448 g/mol. The molecule has 3 heterocycles. The topological polar surface area (TPSA) is 69.5 Å². The minimum absolute atomic E-state index is 0.0234. The second kappa shape index (κ2) is 9.12. The Balaban J connectivity index is 1.39. The summed E-state index contributed by atoms with van der Waals surface area (Å²) in [6.07, 6.45) is -1.64. The van der Waals surface area contributed by atoms with Crippen LogP contribution < -0.4 is 4.90 Å². The summed E-state index contributed by atoms with van der Waals surface area (Å²) in [7, 11) is 0. The van der Waals surface area contributed by atoms with Gasteiger partial charge in [0.25, 0.3) is 6.43 Å². The first kappa shape index (κ1) is 22.0. The fourth-order valence-electron chi connectivity index (χ4n) is 4.34. The van der Waals surface area contributed by atoms with Gasteiger partial charge in [0.15, 0.2) is 11.6 Å². The molecule has 2 aromatic rings. The number of ether oxygens (including phenoxy) is 1. The van der Waals surface area contributed by atoms with E-state index in [1.807, 2.05) is 6.07 Å². The molecule has 2 bridgehead atoms. The van der Waals surface area contributed by atoms with Gasteiger partial charge < -0.3 is 14.5 Å². The molecule has 0 N–H and O–H groups in total. The number of hydrogen-bond donors (Lipinski definition) is 0. The third-order valence-electron chi connectivity index (χ3n) is 5.86. The van der Waals surface area contributed by atoms with Crippen molar-refractivity contribution in [3.63, 3.8) is 0 Å². The molecule has 4 rings (SSSR count). The molecular formula is C22H20F4N4O2. The van der Waals surface area contributed by atoms with Gasteiger partial charge >= 0.3 is 0 Å². The van der Waals surface area contributed by atoms with Gasteiger partial charge in [-0.1, -0.05) is 6.07 Å². The van der Waals surface area contributed by atoms with E-state index in [0.29, 0.717) is 24.7 Å². The number of benzene rings is 1. The molecule has 10 heteroatoms. The Hall–Kier alpha value is -3.19. The third-order valence-corrected chi connectivity index (χ3v) is 5.86. The highest BCUT2D eigenvalue weighted by molar-refractivity contribution is 5.78. The summed E-state index contributed by atoms with van der Waals surface area (Å²) in [5.41, 5.74) is 0.227. The highest BCUT2D eigenvalue weighted by atomic mass is 19.3. The first-order chi connectivity index (χ1) is 15.4. The summed E-state index contributed by atoms with van der Waals surface area (Å²) in [5.74, 6) is -2.12. The number of hydrogen-bond acceptors (Lipinski definition) is 5. The summed E-state index contributed by atoms with van der Waals surface area (Å²) < 4.78 is 58.5. The predicted molar refractivity (Wildman–Crippen MR) is 106 cm³/mol. The Labute approximate surface area is 182 Å². The van der Waals surface area contributed by atoms with Crippen LogP contribution in [0, 0.1) is 23.0 Å². The lowest BCUT2D eigenvalue weighted by molar-refractivity contribution is -0.143. The Bertz CT molecular complexity index is 1010. The predicted octanol–water partition coefficient (Wildman–Crippen LogP) is 3.43. The normalized spacial score (nSPS) is 21.0. The largest absolute Gasteiger partial charge is 0.358 e. The number of likely N-dealkylation sites (tertiary alicyclic amines) is 1. The van der Waals surface area contributed by atoms with Crippen LogP contribution in [0.5, 0.6) is 0 Å². The number of nitrogens with zero attached hydrogens (tertiary/aromatic N) is 4. The number of fused-ring (bicyclic) bond motifs is 2. The molecular weight excluding hydrogens is 428 g/mol. The molecule has 1 aromatic carbocycles. The molecule has 3 atom stereocenters. The van der Waals surface area contributed by atoms with Crippen molar-refractivity contribution < 1.29 is 27.1 Å². The average molecular weight is 448 g/mol. The van der Waals surface area contributed by atoms with Crippen LogP contribution in [0.1, 0.15) is 30.1 Å². The van der Waals surface area contributed by atoms with E-state index in [0.717, 1.165) is 30.8 Å². The van der Waals surface area contributed by atoms with Gasteiger partial charge in [0.05, 0.1) is 5.56 Å². The number of carbonyl (C=O) groups excluding carboxylic acids is 1. The molecule has 1 amide bonds. The summed E-state index contributed by atoms with van der Waals surface area (Å²) in [4.78, 5) is 20.7. The van der Waals surface area contributed by atoms with Gasteiger partial charge in [-0.15, -0.1) is 0 Å². The quantitative estimate of drug-likeness (QED) is 0.634. The summed E-state index contributed by atoms with van der Waals surface area (Å²) in [6, 6.07) is 7.96. The van der Waals surface area contributed by atoms with Crippen LogP contribution in [0.25, 0.3) is 0 Å². The number of rotatable bonds is 6. The summed E-state index contributed by atoms with van der Waals surface area (Å²) >= 11 is 0. The van der Waals surface area contributed by atoms with Crippen LogP contribution in [-0.2, 0) is 9.53 Å². The van der Waals surface area contributed by atoms with Gasteiger partial charge in [0.2, 0.25) is 5.91 Å². The Kier molecular flexibility index (Phi) is 6.28. The second-order valence-corrected chi connectivity index (χ2v) is 7.85. The molecule has 32 heavy (non-hydrogen) atoms. The Morgan fingerprint density at radius 3 is 2.44 bits per heavy atom. The van der Waals surface area contributed by atoms with E-state index < -0.39 is 36.7 Å². The first-order valence-corrected chi connectivity index (χ1v) is 10.1. The van der Waals surface area contributed by atoms with Crippen molar-refractivity contribution >= 4 is 11.7 Å². The number of halogens is 4. The van der Waals surface area contributed by atoms with Crippen molar-refractivity contribution in [1.29, 1.82) is 5.26 Å². The van der Waals surface area contributed by atoms with Crippen molar-refractivity contribution in [2.45, 2.75) is 37.5 Å². The van der Waals surface area contributed by atoms with Crippen LogP contribution in [0.15, 0.2) is 36.5 Å². The number of carbonyl (C=O) groups is 1. The fraction of sp³-hybridized carbons (Fsp3) is 0.409. The third kappa shape index (κ3) is 4.39. The van der Waals surface area contributed by atoms with Gasteiger partial charge in [-0.2, -0.15) is 5.26 Å². The number of nitriles is 1. The lowest BCUT2D eigenvalue weighted by Crippen LogP contribution is -2.56. The maximum atomic E-state index is 13.4. The lowest BCUT2D eigenvalue weighted by atomic mass is 10.1. The number of pyridine rings is 1. The van der Waals surface area contributed by atoms with Crippen molar-refractivity contribution in [3.05, 3.63) is 59.3 Å². The van der Waals surface area contributed by atoms with Crippen molar-refractivity contribution in [3.8, 4) is 6.07 Å². The van der Waals surface area contributed by atoms with Gasteiger partial charge in [0, 0.05) is 31.4 Å². The van der Waals surface area contributed by atoms with Crippen molar-refractivity contribution in [2.75, 3.05) is 24.6 Å². The average Bonchev–Trinajstić information content (AvgIpc) is 3.04. The zero-order chi connectivity index (χ0) is 22.8. The summed E-state index contributed by atoms with van der Waals surface area (Å²) in [5, 5.41) is 8.93. The minimum atomic E-state index is -3.01. The zero-order valence-electron chi connectivity index (χ0n) is 16.9. The van der Waals surface area contributed by atoms with Gasteiger partial charge in [-0.05, 0) is 42.7 Å². The minimum Gasteiger partial charge on any atom is -0.358 e. The van der Waals surface area contributed by atoms with Gasteiger partial charge in [-0.25, -0.2) is 22.5 Å². The summed E-state index contributed by atoms with van der Waals surface area (Å²) in [6.45, 7) is 0.193. The molecule has 2 aliphatic heterocycles. The van der Waals surface area contributed by atoms with E-state index >= 15 is 0 Å². The van der Waals surface area contributed by atoms with E-state index in [1.165, 1.54) is 6.20 Å². The van der Waals surface area contributed by atoms with E-state index in [1.54, 1.807) is 17.0 Å².